The number of rotatable bonds is 4. The van der Waals surface area contributed by atoms with Crippen LogP contribution >= 0.6 is 11.3 Å². The smallest absolute Gasteiger partial charge is 0.324 e. The van der Waals surface area contributed by atoms with Gasteiger partial charge in [0.25, 0.3) is 0 Å². The van der Waals surface area contributed by atoms with E-state index in [0.717, 1.165) is 15.9 Å². The van der Waals surface area contributed by atoms with Crippen molar-refractivity contribution in [1.82, 2.24) is 14.1 Å². The lowest BCUT2D eigenvalue weighted by atomic mass is 10.2. The lowest BCUT2D eigenvalue weighted by Crippen LogP contribution is -2.41. The largest absolute Gasteiger partial charge is 0.468 e. The molecule has 4 rings (SSSR count). The third-order valence-corrected chi connectivity index (χ3v) is 7.68. The van der Waals surface area contributed by atoms with Crippen molar-refractivity contribution in [1.29, 1.82) is 0 Å². The summed E-state index contributed by atoms with van der Waals surface area (Å²) in [5.74, 6) is -0.537. The van der Waals surface area contributed by atoms with E-state index in [2.05, 4.69) is 5.10 Å². The average molecular weight is 391 g/mol. The van der Waals surface area contributed by atoms with Crippen LogP contribution in [0.5, 0.6) is 0 Å². The molecule has 0 saturated carbocycles. The summed E-state index contributed by atoms with van der Waals surface area (Å²) in [7, 11) is -2.47. The van der Waals surface area contributed by atoms with Gasteiger partial charge in [-0.1, -0.05) is 25.1 Å². The van der Waals surface area contributed by atoms with E-state index in [1.807, 2.05) is 24.3 Å². The van der Waals surface area contributed by atoms with Gasteiger partial charge in [0.1, 0.15) is 11.0 Å². The Hall–Kier alpha value is -2.23. The molecule has 0 amide bonds. The van der Waals surface area contributed by atoms with Crippen molar-refractivity contribution in [2.24, 2.45) is 0 Å². The van der Waals surface area contributed by atoms with Gasteiger partial charge >= 0.3 is 5.97 Å². The highest BCUT2D eigenvalue weighted by Crippen LogP contribution is 2.40. The molecule has 1 atom stereocenters. The SMILES string of the molecule is CCC(C(=O)OC)N1Cc2sc(-n3ncc4ccccc43)cc2S1(=O)=O. The molecule has 0 saturated heterocycles. The molecule has 9 heteroatoms. The van der Waals surface area contributed by atoms with Crippen molar-refractivity contribution in [2.75, 3.05) is 7.11 Å². The van der Waals surface area contributed by atoms with Crippen LogP contribution in [0.4, 0.5) is 0 Å². The summed E-state index contributed by atoms with van der Waals surface area (Å²) in [5.41, 5.74) is 0.919. The molecule has 3 heterocycles. The van der Waals surface area contributed by atoms with Gasteiger partial charge in [0, 0.05) is 10.3 Å². The van der Waals surface area contributed by atoms with Crippen molar-refractivity contribution in [3.05, 3.63) is 41.4 Å². The minimum absolute atomic E-state index is 0.176. The van der Waals surface area contributed by atoms with E-state index in [4.69, 9.17) is 4.74 Å². The molecule has 0 aliphatic carbocycles. The fraction of sp³-hybridized carbons (Fsp3) is 0.294. The number of carbonyl (C=O) groups is 1. The van der Waals surface area contributed by atoms with Crippen LogP contribution in [0, 0.1) is 0 Å². The number of hydrogen-bond donors (Lipinski definition) is 0. The molecule has 7 nitrogen and oxygen atoms in total. The molecule has 1 aromatic carbocycles. The van der Waals surface area contributed by atoms with Gasteiger partial charge in [0.2, 0.25) is 10.0 Å². The van der Waals surface area contributed by atoms with Gasteiger partial charge in [-0.15, -0.1) is 11.3 Å². The molecular weight excluding hydrogens is 374 g/mol. The van der Waals surface area contributed by atoms with E-state index in [1.54, 1.807) is 23.9 Å². The van der Waals surface area contributed by atoms with E-state index in [9.17, 15) is 13.2 Å². The van der Waals surface area contributed by atoms with Crippen molar-refractivity contribution in [3.8, 4) is 5.00 Å². The normalized spacial score (nSPS) is 17.3. The lowest BCUT2D eigenvalue weighted by molar-refractivity contribution is -0.145. The van der Waals surface area contributed by atoms with E-state index in [1.165, 1.54) is 22.8 Å². The third kappa shape index (κ3) is 2.46. The molecule has 1 aliphatic heterocycles. The molecule has 0 bridgehead atoms. The summed E-state index contributed by atoms with van der Waals surface area (Å²) in [6, 6.07) is 8.59. The molecule has 3 aromatic rings. The summed E-state index contributed by atoms with van der Waals surface area (Å²) in [6.45, 7) is 1.94. The monoisotopic (exact) mass is 391 g/mol. The van der Waals surface area contributed by atoms with Crippen LogP contribution in [-0.2, 0) is 26.1 Å². The number of aromatic nitrogens is 2. The maximum atomic E-state index is 12.9. The first kappa shape index (κ1) is 17.2. The molecule has 2 aromatic heterocycles. The third-order valence-electron chi connectivity index (χ3n) is 4.54. The minimum atomic E-state index is -3.73. The van der Waals surface area contributed by atoms with Gasteiger partial charge in [-0.2, -0.15) is 9.40 Å². The second-order valence-electron chi connectivity index (χ2n) is 5.98. The molecule has 0 N–H and O–H groups in total. The van der Waals surface area contributed by atoms with Gasteiger partial charge in [-0.25, -0.2) is 13.1 Å². The average Bonchev–Trinajstić information content (AvgIpc) is 3.30. The molecule has 0 spiro atoms. The Morgan fingerprint density at radius 1 is 1.38 bits per heavy atom. The Morgan fingerprint density at radius 2 is 2.15 bits per heavy atom. The van der Waals surface area contributed by atoms with Crippen LogP contribution in [0.3, 0.4) is 0 Å². The first-order valence-corrected chi connectivity index (χ1v) is 10.4. The molecule has 26 heavy (non-hydrogen) atoms. The number of carbonyl (C=O) groups excluding carboxylic acids is 1. The molecule has 0 radical (unpaired) electrons. The number of thiophene rings is 1. The number of methoxy groups -OCH3 is 1. The summed E-state index contributed by atoms with van der Waals surface area (Å²) in [4.78, 5) is 12.9. The number of sulfonamides is 1. The molecular formula is C17H17N3O4S2. The number of fused-ring (bicyclic) bond motifs is 2. The van der Waals surface area contributed by atoms with E-state index < -0.39 is 22.0 Å². The van der Waals surface area contributed by atoms with E-state index in [-0.39, 0.29) is 11.4 Å². The van der Waals surface area contributed by atoms with Crippen LogP contribution in [0.2, 0.25) is 0 Å². The van der Waals surface area contributed by atoms with Crippen molar-refractivity contribution < 1.29 is 17.9 Å². The van der Waals surface area contributed by atoms with Gasteiger partial charge in [0.05, 0.1) is 30.3 Å². The topological polar surface area (TPSA) is 81.5 Å². The first-order valence-electron chi connectivity index (χ1n) is 8.13. The van der Waals surface area contributed by atoms with Crippen molar-refractivity contribution in [2.45, 2.75) is 30.8 Å². The summed E-state index contributed by atoms with van der Waals surface area (Å²) in [6.07, 6.45) is 2.11. The van der Waals surface area contributed by atoms with Gasteiger partial charge < -0.3 is 4.74 Å². The predicted octanol–water partition coefficient (Wildman–Crippen LogP) is 2.54. The second-order valence-corrected chi connectivity index (χ2v) is 8.96. The highest BCUT2D eigenvalue weighted by molar-refractivity contribution is 7.89. The van der Waals surface area contributed by atoms with Gasteiger partial charge in [-0.05, 0) is 18.6 Å². The molecule has 1 unspecified atom stereocenters. The Bertz CT molecular complexity index is 1100. The molecule has 0 fully saturated rings. The zero-order chi connectivity index (χ0) is 18.5. The lowest BCUT2D eigenvalue weighted by Gasteiger charge is -2.22. The second kappa shape index (κ2) is 6.19. The highest BCUT2D eigenvalue weighted by Gasteiger charge is 2.43. The van der Waals surface area contributed by atoms with Crippen molar-refractivity contribution >= 4 is 38.2 Å². The Labute approximate surface area is 154 Å². The molecule has 136 valence electrons. The first-order chi connectivity index (χ1) is 12.5. The standard InChI is InChI=1S/C17H17N3O4S2/c1-3-12(17(21)24-2)19-10-14-15(26(19,22)23)8-16(25-14)20-13-7-5-4-6-11(13)9-18-20/h4-9,12H,3,10H2,1-2H3. The summed E-state index contributed by atoms with van der Waals surface area (Å²) < 4.78 is 33.6. The Balaban J connectivity index is 1.75. The van der Waals surface area contributed by atoms with Crippen molar-refractivity contribution in [3.63, 3.8) is 0 Å². The predicted molar refractivity (Wildman–Crippen MR) is 97.8 cm³/mol. The minimum Gasteiger partial charge on any atom is -0.468 e. The number of hydrogen-bond acceptors (Lipinski definition) is 6. The maximum absolute atomic E-state index is 12.9. The van der Waals surface area contributed by atoms with Crippen LogP contribution in [0.25, 0.3) is 15.9 Å². The number of para-hydroxylation sites is 1. The quantitative estimate of drug-likeness (QED) is 0.639. The Kier molecular flexibility index (Phi) is 4.09. The number of ether oxygens (including phenoxy) is 1. The summed E-state index contributed by atoms with van der Waals surface area (Å²) >= 11 is 1.38. The number of esters is 1. The zero-order valence-corrected chi connectivity index (χ0v) is 15.9. The fourth-order valence-electron chi connectivity index (χ4n) is 3.23. The van der Waals surface area contributed by atoms with Crippen LogP contribution < -0.4 is 0 Å². The zero-order valence-electron chi connectivity index (χ0n) is 14.2. The van der Waals surface area contributed by atoms with Crippen LogP contribution in [0.15, 0.2) is 41.4 Å². The maximum Gasteiger partial charge on any atom is 0.324 e. The number of benzene rings is 1. The molecule has 1 aliphatic rings. The highest BCUT2D eigenvalue weighted by atomic mass is 32.2. The summed E-state index contributed by atoms with van der Waals surface area (Å²) in [5, 5.41) is 6.11. The van der Waals surface area contributed by atoms with E-state index in [0.29, 0.717) is 11.3 Å². The Morgan fingerprint density at radius 3 is 2.85 bits per heavy atom. The van der Waals surface area contributed by atoms with Crippen LogP contribution in [0.1, 0.15) is 18.2 Å². The number of nitrogens with zero attached hydrogens (tertiary/aromatic N) is 3. The van der Waals surface area contributed by atoms with E-state index >= 15 is 0 Å². The fourth-order valence-corrected chi connectivity index (χ4v) is 6.59. The van der Waals surface area contributed by atoms with Crippen LogP contribution in [-0.4, -0.2) is 41.6 Å². The van der Waals surface area contributed by atoms with Gasteiger partial charge in [0.15, 0.2) is 0 Å². The van der Waals surface area contributed by atoms with Gasteiger partial charge in [-0.3, -0.25) is 4.79 Å².